The average molecular weight is 414 g/mol. The molecule has 0 saturated carbocycles. The minimum absolute atomic E-state index is 0.253. The van der Waals surface area contributed by atoms with Gasteiger partial charge in [-0.15, -0.1) is 0 Å². The van der Waals surface area contributed by atoms with Gasteiger partial charge in [-0.2, -0.15) is 4.98 Å². The van der Waals surface area contributed by atoms with E-state index in [0.717, 1.165) is 18.4 Å². The standard InChI is InChI=1S/C24H35N3O3/c1-2-3-4-5-6-7-8-9-10-19-11-13-21(14-12-19)23-25-22(30-26-23)17-20-15-16-27(18-20)24(28)29/h11-14,20H,2-10,15-18H2,1H3,(H,28,29). The van der Waals surface area contributed by atoms with Crippen LogP contribution in [0.15, 0.2) is 28.8 Å². The van der Waals surface area contributed by atoms with Gasteiger partial charge in [-0.1, -0.05) is 81.3 Å². The summed E-state index contributed by atoms with van der Waals surface area (Å²) < 4.78 is 5.41. The zero-order chi connectivity index (χ0) is 21.2. The van der Waals surface area contributed by atoms with Crippen LogP contribution in [0.4, 0.5) is 4.79 Å². The maximum atomic E-state index is 11.0. The number of hydrogen-bond acceptors (Lipinski definition) is 4. The van der Waals surface area contributed by atoms with E-state index in [1.54, 1.807) is 0 Å². The highest BCUT2D eigenvalue weighted by Crippen LogP contribution is 2.23. The van der Waals surface area contributed by atoms with Crippen molar-refractivity contribution in [2.45, 2.75) is 77.6 Å². The molecule has 1 fully saturated rings. The first-order chi connectivity index (χ1) is 14.7. The number of amides is 1. The molecule has 1 unspecified atom stereocenters. The van der Waals surface area contributed by atoms with Crippen molar-refractivity contribution >= 4 is 6.09 Å². The van der Waals surface area contributed by atoms with E-state index in [2.05, 4.69) is 41.3 Å². The molecule has 1 N–H and O–H groups in total. The van der Waals surface area contributed by atoms with Crippen LogP contribution in [0.2, 0.25) is 0 Å². The molecule has 1 aliphatic heterocycles. The van der Waals surface area contributed by atoms with E-state index < -0.39 is 6.09 Å². The molecule has 30 heavy (non-hydrogen) atoms. The summed E-state index contributed by atoms with van der Waals surface area (Å²) in [6.07, 6.45) is 12.5. The van der Waals surface area contributed by atoms with Crippen LogP contribution in [0.1, 0.15) is 76.2 Å². The summed E-state index contributed by atoms with van der Waals surface area (Å²) in [6.45, 7) is 3.39. The highest BCUT2D eigenvalue weighted by atomic mass is 16.5. The maximum absolute atomic E-state index is 11.0. The molecule has 1 aromatic heterocycles. The van der Waals surface area contributed by atoms with Gasteiger partial charge < -0.3 is 14.5 Å². The first-order valence-electron chi connectivity index (χ1n) is 11.6. The van der Waals surface area contributed by atoms with Gasteiger partial charge in [0, 0.05) is 25.1 Å². The van der Waals surface area contributed by atoms with E-state index in [9.17, 15) is 4.79 Å². The molecular formula is C24H35N3O3. The predicted molar refractivity (Wildman–Crippen MR) is 117 cm³/mol. The van der Waals surface area contributed by atoms with Crippen molar-refractivity contribution in [1.29, 1.82) is 0 Å². The molecule has 0 bridgehead atoms. The SMILES string of the molecule is CCCCCCCCCCc1ccc(-c2noc(CC3CCN(C(=O)O)C3)n2)cc1. The molecular weight excluding hydrogens is 378 g/mol. The Labute approximate surface area is 179 Å². The molecule has 1 aromatic carbocycles. The van der Waals surface area contributed by atoms with Gasteiger partial charge >= 0.3 is 6.09 Å². The van der Waals surface area contributed by atoms with E-state index >= 15 is 0 Å². The van der Waals surface area contributed by atoms with Gasteiger partial charge in [0.1, 0.15) is 0 Å². The zero-order valence-electron chi connectivity index (χ0n) is 18.2. The number of aryl methyl sites for hydroxylation is 1. The number of nitrogens with zero attached hydrogens (tertiary/aromatic N) is 3. The summed E-state index contributed by atoms with van der Waals surface area (Å²) in [6, 6.07) is 8.45. The molecule has 1 saturated heterocycles. The number of hydrogen-bond donors (Lipinski definition) is 1. The number of benzene rings is 1. The third-order valence-corrected chi connectivity index (χ3v) is 6.02. The minimum atomic E-state index is -0.851. The van der Waals surface area contributed by atoms with E-state index in [0.29, 0.717) is 31.2 Å². The number of likely N-dealkylation sites (tertiary alicyclic amines) is 1. The molecule has 0 spiro atoms. The van der Waals surface area contributed by atoms with Crippen LogP contribution in [-0.2, 0) is 12.8 Å². The van der Waals surface area contributed by atoms with E-state index in [1.807, 2.05) is 0 Å². The largest absolute Gasteiger partial charge is 0.465 e. The van der Waals surface area contributed by atoms with Crippen LogP contribution in [0, 0.1) is 5.92 Å². The summed E-state index contributed by atoms with van der Waals surface area (Å²) in [4.78, 5) is 17.0. The van der Waals surface area contributed by atoms with Gasteiger partial charge in [-0.25, -0.2) is 4.79 Å². The lowest BCUT2D eigenvalue weighted by molar-refractivity contribution is 0.154. The zero-order valence-corrected chi connectivity index (χ0v) is 18.2. The Hall–Kier alpha value is -2.37. The van der Waals surface area contributed by atoms with Crippen LogP contribution in [-0.4, -0.2) is 39.3 Å². The summed E-state index contributed by atoms with van der Waals surface area (Å²) in [5, 5.41) is 13.2. The maximum Gasteiger partial charge on any atom is 0.407 e. The average Bonchev–Trinajstić information content (AvgIpc) is 3.41. The molecule has 164 valence electrons. The third-order valence-electron chi connectivity index (χ3n) is 6.02. The van der Waals surface area contributed by atoms with Crippen molar-refractivity contribution in [2.75, 3.05) is 13.1 Å². The van der Waals surface area contributed by atoms with Crippen LogP contribution < -0.4 is 0 Å². The molecule has 2 heterocycles. The topological polar surface area (TPSA) is 79.5 Å². The second kappa shape index (κ2) is 11.7. The molecule has 6 heteroatoms. The molecule has 1 amide bonds. The number of carbonyl (C=O) groups is 1. The quantitative estimate of drug-likeness (QED) is 0.434. The first kappa shape index (κ1) is 22.3. The van der Waals surface area contributed by atoms with Gasteiger partial charge in [-0.05, 0) is 30.7 Å². The van der Waals surface area contributed by atoms with Crippen molar-refractivity contribution in [3.8, 4) is 11.4 Å². The highest BCUT2D eigenvalue weighted by molar-refractivity contribution is 5.65. The number of rotatable bonds is 12. The summed E-state index contributed by atoms with van der Waals surface area (Å²) in [7, 11) is 0. The molecule has 2 aromatic rings. The summed E-state index contributed by atoms with van der Waals surface area (Å²) in [5.41, 5.74) is 2.32. The fraction of sp³-hybridized carbons (Fsp3) is 0.625. The summed E-state index contributed by atoms with van der Waals surface area (Å²) in [5.74, 6) is 1.45. The Morgan fingerprint density at radius 2 is 1.80 bits per heavy atom. The van der Waals surface area contributed by atoms with Gasteiger partial charge in [0.2, 0.25) is 11.7 Å². The number of carboxylic acid groups (broad SMARTS) is 1. The molecule has 6 nitrogen and oxygen atoms in total. The summed E-state index contributed by atoms with van der Waals surface area (Å²) >= 11 is 0. The van der Waals surface area contributed by atoms with E-state index in [-0.39, 0.29) is 5.92 Å². The van der Waals surface area contributed by atoms with Crippen molar-refractivity contribution in [3.63, 3.8) is 0 Å². The van der Waals surface area contributed by atoms with Crippen molar-refractivity contribution in [3.05, 3.63) is 35.7 Å². The van der Waals surface area contributed by atoms with E-state index in [4.69, 9.17) is 9.63 Å². The fourth-order valence-corrected chi connectivity index (χ4v) is 4.16. The smallest absolute Gasteiger partial charge is 0.407 e. The van der Waals surface area contributed by atoms with Gasteiger partial charge in [-0.3, -0.25) is 0 Å². The van der Waals surface area contributed by atoms with Crippen LogP contribution >= 0.6 is 0 Å². The first-order valence-corrected chi connectivity index (χ1v) is 11.6. The Morgan fingerprint density at radius 3 is 2.47 bits per heavy atom. The molecule has 0 aliphatic carbocycles. The van der Waals surface area contributed by atoms with Gasteiger partial charge in [0.05, 0.1) is 0 Å². The third kappa shape index (κ3) is 6.85. The normalized spacial score (nSPS) is 16.3. The number of unbranched alkanes of at least 4 members (excludes halogenated alkanes) is 7. The molecule has 1 aliphatic rings. The lowest BCUT2D eigenvalue weighted by atomic mass is 10.0. The monoisotopic (exact) mass is 413 g/mol. The molecule has 0 radical (unpaired) electrons. The minimum Gasteiger partial charge on any atom is -0.465 e. The van der Waals surface area contributed by atoms with Crippen LogP contribution in [0.3, 0.4) is 0 Å². The lowest BCUT2D eigenvalue weighted by Gasteiger charge is -2.10. The number of aromatic nitrogens is 2. The van der Waals surface area contributed by atoms with Crippen molar-refractivity contribution in [2.24, 2.45) is 5.92 Å². The van der Waals surface area contributed by atoms with Crippen molar-refractivity contribution in [1.82, 2.24) is 15.0 Å². The second-order valence-electron chi connectivity index (χ2n) is 8.52. The van der Waals surface area contributed by atoms with Crippen LogP contribution in [0.25, 0.3) is 11.4 Å². The Kier molecular flexibility index (Phi) is 8.72. The Balaban J connectivity index is 1.39. The highest BCUT2D eigenvalue weighted by Gasteiger charge is 2.27. The Morgan fingerprint density at radius 1 is 1.10 bits per heavy atom. The fourth-order valence-electron chi connectivity index (χ4n) is 4.16. The molecule has 1 atom stereocenters. The van der Waals surface area contributed by atoms with E-state index in [1.165, 1.54) is 61.8 Å². The second-order valence-corrected chi connectivity index (χ2v) is 8.52. The Bertz CT molecular complexity index is 772. The van der Waals surface area contributed by atoms with Crippen molar-refractivity contribution < 1.29 is 14.4 Å². The lowest BCUT2D eigenvalue weighted by Crippen LogP contribution is -2.26. The van der Waals surface area contributed by atoms with Crippen LogP contribution in [0.5, 0.6) is 0 Å². The van der Waals surface area contributed by atoms with Gasteiger partial charge in [0.15, 0.2) is 0 Å². The van der Waals surface area contributed by atoms with Gasteiger partial charge in [0.25, 0.3) is 0 Å². The predicted octanol–water partition coefficient (Wildman–Crippen LogP) is 5.96. The molecule has 3 rings (SSSR count).